The van der Waals surface area contributed by atoms with Crippen LogP contribution in [0.15, 0.2) is 54.6 Å². The molecule has 2 aromatic carbocycles. The summed E-state index contributed by atoms with van der Waals surface area (Å²) < 4.78 is 0. The lowest BCUT2D eigenvalue weighted by atomic mass is 9.88. The summed E-state index contributed by atoms with van der Waals surface area (Å²) in [6.07, 6.45) is 8.06. The van der Waals surface area contributed by atoms with E-state index in [1.807, 2.05) is 48.5 Å². The van der Waals surface area contributed by atoms with Crippen molar-refractivity contribution >= 4 is 35.0 Å². The number of benzene rings is 2. The highest BCUT2D eigenvalue weighted by atomic mass is 16.4. The summed E-state index contributed by atoms with van der Waals surface area (Å²) in [5.74, 6) is -0.773. The van der Waals surface area contributed by atoms with E-state index >= 15 is 0 Å². The molecule has 1 amide bonds. The van der Waals surface area contributed by atoms with Gasteiger partial charge in [0.15, 0.2) is 0 Å². The van der Waals surface area contributed by atoms with Crippen molar-refractivity contribution in [2.45, 2.75) is 32.1 Å². The first-order valence-corrected chi connectivity index (χ1v) is 9.30. The zero-order valence-electron chi connectivity index (χ0n) is 15.2. The summed E-state index contributed by atoms with van der Waals surface area (Å²) in [5, 5.41) is 15.1. The highest BCUT2D eigenvalue weighted by molar-refractivity contribution is 5.96. The predicted octanol–water partition coefficient (Wildman–Crippen LogP) is 5.05. The lowest BCUT2D eigenvalue weighted by Gasteiger charge is -2.21. The number of rotatable bonds is 6. The Kier molecular flexibility index (Phi) is 6.26. The van der Waals surface area contributed by atoms with E-state index in [9.17, 15) is 9.59 Å². The molecule has 0 radical (unpaired) electrons. The molecule has 2 aromatic rings. The van der Waals surface area contributed by atoms with E-state index in [4.69, 9.17) is 5.11 Å². The Morgan fingerprint density at radius 2 is 1.59 bits per heavy atom. The lowest BCUT2D eigenvalue weighted by molar-refractivity contribution is -0.131. The quantitative estimate of drug-likeness (QED) is 0.627. The van der Waals surface area contributed by atoms with Crippen LogP contribution < -0.4 is 10.6 Å². The monoisotopic (exact) mass is 364 g/mol. The number of nitrogens with one attached hydrogen (secondary N) is 2. The molecule has 3 N–H and O–H groups in total. The van der Waals surface area contributed by atoms with Crippen LogP contribution in [0.5, 0.6) is 0 Å². The molecule has 0 aromatic heterocycles. The van der Waals surface area contributed by atoms with Crippen LogP contribution >= 0.6 is 0 Å². The highest BCUT2D eigenvalue weighted by Gasteiger charge is 2.21. The molecule has 27 heavy (non-hydrogen) atoms. The maximum Gasteiger partial charge on any atom is 0.328 e. The Balaban J connectivity index is 1.68. The minimum atomic E-state index is -0.972. The number of aliphatic carboxylic acids is 1. The van der Waals surface area contributed by atoms with E-state index < -0.39 is 5.97 Å². The van der Waals surface area contributed by atoms with E-state index in [2.05, 4.69) is 10.6 Å². The molecule has 1 saturated carbocycles. The van der Waals surface area contributed by atoms with Crippen LogP contribution in [-0.4, -0.2) is 17.0 Å². The van der Waals surface area contributed by atoms with Gasteiger partial charge >= 0.3 is 5.97 Å². The first-order chi connectivity index (χ1) is 13.1. The topological polar surface area (TPSA) is 78.4 Å². The van der Waals surface area contributed by atoms with Gasteiger partial charge in [-0.3, -0.25) is 4.79 Å². The Bertz CT molecular complexity index is 822. The first kappa shape index (κ1) is 18.7. The maximum atomic E-state index is 12.5. The SMILES string of the molecule is O=C(O)C=Cc1ccc(Nc2ccccc2NC(=O)C2CCCCC2)cc1. The molecule has 1 aliphatic rings. The fourth-order valence-electron chi connectivity index (χ4n) is 3.30. The summed E-state index contributed by atoms with van der Waals surface area (Å²) in [6.45, 7) is 0. The Hall–Kier alpha value is -3.08. The molecule has 0 aliphatic heterocycles. The van der Waals surface area contributed by atoms with Crippen LogP contribution in [0.2, 0.25) is 0 Å². The minimum Gasteiger partial charge on any atom is -0.478 e. The van der Waals surface area contributed by atoms with Crippen molar-refractivity contribution in [1.82, 2.24) is 0 Å². The number of carboxylic acids is 1. The van der Waals surface area contributed by atoms with E-state index in [0.717, 1.165) is 54.4 Å². The van der Waals surface area contributed by atoms with Crippen molar-refractivity contribution in [1.29, 1.82) is 0 Å². The molecular formula is C22H24N2O3. The number of carbonyl (C=O) groups is 2. The van der Waals surface area contributed by atoms with Gasteiger partial charge in [0.25, 0.3) is 0 Å². The number of hydrogen-bond acceptors (Lipinski definition) is 3. The summed E-state index contributed by atoms with van der Waals surface area (Å²) in [6, 6.07) is 15.1. The van der Waals surface area contributed by atoms with E-state index in [0.29, 0.717) is 0 Å². The van der Waals surface area contributed by atoms with Gasteiger partial charge < -0.3 is 15.7 Å². The van der Waals surface area contributed by atoms with Crippen LogP contribution in [0.3, 0.4) is 0 Å². The largest absolute Gasteiger partial charge is 0.478 e. The van der Waals surface area contributed by atoms with E-state index in [1.165, 1.54) is 6.42 Å². The van der Waals surface area contributed by atoms with Crippen molar-refractivity contribution in [3.05, 3.63) is 60.2 Å². The van der Waals surface area contributed by atoms with Crippen molar-refractivity contribution in [2.75, 3.05) is 10.6 Å². The van der Waals surface area contributed by atoms with Gasteiger partial charge in [-0.2, -0.15) is 0 Å². The zero-order valence-corrected chi connectivity index (χ0v) is 15.2. The van der Waals surface area contributed by atoms with E-state index in [-0.39, 0.29) is 11.8 Å². The van der Waals surface area contributed by atoms with Gasteiger partial charge in [-0.05, 0) is 48.7 Å². The number of anilines is 3. The Morgan fingerprint density at radius 1 is 0.926 bits per heavy atom. The number of carboxylic acid groups (broad SMARTS) is 1. The smallest absolute Gasteiger partial charge is 0.328 e. The molecule has 1 fully saturated rings. The predicted molar refractivity (Wildman–Crippen MR) is 108 cm³/mol. The standard InChI is InChI=1S/C22H24N2O3/c25-21(26)15-12-16-10-13-18(14-11-16)23-19-8-4-5-9-20(19)24-22(27)17-6-2-1-3-7-17/h4-5,8-15,17,23H,1-3,6-7H2,(H,24,27)(H,25,26). The van der Waals surface area contributed by atoms with Crippen LogP contribution in [0.25, 0.3) is 6.08 Å². The number of para-hydroxylation sites is 2. The number of amides is 1. The van der Waals surface area contributed by atoms with Crippen molar-refractivity contribution < 1.29 is 14.7 Å². The molecule has 5 heteroatoms. The summed E-state index contributed by atoms with van der Waals surface area (Å²) in [7, 11) is 0. The lowest BCUT2D eigenvalue weighted by Crippen LogP contribution is -2.25. The average molecular weight is 364 g/mol. The third kappa shape index (κ3) is 5.45. The zero-order chi connectivity index (χ0) is 19.1. The normalized spacial score (nSPS) is 14.8. The summed E-state index contributed by atoms with van der Waals surface area (Å²) in [5.41, 5.74) is 3.27. The van der Waals surface area contributed by atoms with Crippen LogP contribution in [0, 0.1) is 5.92 Å². The van der Waals surface area contributed by atoms with Crippen LogP contribution in [0.1, 0.15) is 37.7 Å². The second-order valence-corrected chi connectivity index (χ2v) is 6.79. The van der Waals surface area contributed by atoms with Gasteiger partial charge in [0.1, 0.15) is 0 Å². The van der Waals surface area contributed by atoms with Crippen LogP contribution in [0.4, 0.5) is 17.1 Å². The van der Waals surface area contributed by atoms with Crippen molar-refractivity contribution in [2.24, 2.45) is 5.92 Å². The van der Waals surface area contributed by atoms with E-state index in [1.54, 1.807) is 6.08 Å². The minimum absolute atomic E-state index is 0.0955. The summed E-state index contributed by atoms with van der Waals surface area (Å²) in [4.78, 5) is 23.1. The van der Waals surface area contributed by atoms with Gasteiger partial charge in [0.2, 0.25) is 5.91 Å². The molecule has 0 spiro atoms. The maximum absolute atomic E-state index is 12.5. The molecule has 0 bridgehead atoms. The molecule has 5 nitrogen and oxygen atoms in total. The van der Waals surface area contributed by atoms with Crippen molar-refractivity contribution in [3.8, 4) is 0 Å². The molecule has 0 saturated heterocycles. The Morgan fingerprint density at radius 3 is 2.26 bits per heavy atom. The second kappa shape index (κ2) is 9.03. The molecule has 0 atom stereocenters. The number of carbonyl (C=O) groups excluding carboxylic acids is 1. The van der Waals surface area contributed by atoms with Gasteiger partial charge in [-0.15, -0.1) is 0 Å². The summed E-state index contributed by atoms with van der Waals surface area (Å²) >= 11 is 0. The molecule has 0 heterocycles. The molecule has 0 unspecified atom stereocenters. The third-order valence-corrected chi connectivity index (χ3v) is 4.77. The Labute approximate surface area is 159 Å². The molecule has 1 aliphatic carbocycles. The number of hydrogen-bond donors (Lipinski definition) is 3. The highest BCUT2D eigenvalue weighted by Crippen LogP contribution is 2.29. The molecular weight excluding hydrogens is 340 g/mol. The van der Waals surface area contributed by atoms with Gasteiger partial charge in [-0.25, -0.2) is 4.79 Å². The van der Waals surface area contributed by atoms with Gasteiger partial charge in [0.05, 0.1) is 11.4 Å². The van der Waals surface area contributed by atoms with Gasteiger partial charge in [-0.1, -0.05) is 43.5 Å². The van der Waals surface area contributed by atoms with Gasteiger partial charge in [0, 0.05) is 17.7 Å². The fourth-order valence-corrected chi connectivity index (χ4v) is 3.30. The fraction of sp³-hybridized carbons (Fsp3) is 0.273. The van der Waals surface area contributed by atoms with Crippen molar-refractivity contribution in [3.63, 3.8) is 0 Å². The molecule has 140 valence electrons. The van der Waals surface area contributed by atoms with Crippen LogP contribution in [-0.2, 0) is 9.59 Å². The first-order valence-electron chi connectivity index (χ1n) is 9.30. The third-order valence-electron chi connectivity index (χ3n) is 4.77. The average Bonchev–Trinajstić information content (AvgIpc) is 2.69. The second-order valence-electron chi connectivity index (χ2n) is 6.79. The molecule has 3 rings (SSSR count).